The standard InChI is InChI=1S/2C4H6F3.Sn/c2*1-3(6)4(7)2-5;/h2*3-4H,1-2H2;. The third-order valence-corrected chi connectivity index (χ3v) is 5.63. The molecule has 0 amide bonds. The predicted octanol–water partition coefficient (Wildman–Crippen LogP) is 2.82. The van der Waals surface area contributed by atoms with E-state index in [2.05, 4.69) is 0 Å². The summed E-state index contributed by atoms with van der Waals surface area (Å²) in [6, 6.07) is 0. The zero-order valence-corrected chi connectivity index (χ0v) is 10.8. The van der Waals surface area contributed by atoms with E-state index in [9.17, 15) is 26.3 Å². The maximum absolute atomic E-state index is 12.7. The van der Waals surface area contributed by atoms with Gasteiger partial charge in [-0.15, -0.1) is 0 Å². The SMILES string of the molecule is FCC(F)C(F)[CH2][Sn][CH2]C(F)C(F)CF. The first-order valence-electron chi connectivity index (χ1n) is 4.41. The third-order valence-electron chi connectivity index (χ3n) is 1.76. The monoisotopic (exact) mass is 342 g/mol. The minimum absolute atomic E-state index is 0.214. The molecule has 0 saturated heterocycles. The minimum atomic E-state index is -2.17. The Labute approximate surface area is 94.6 Å². The van der Waals surface area contributed by atoms with Gasteiger partial charge in [0.15, 0.2) is 0 Å². The van der Waals surface area contributed by atoms with E-state index in [-0.39, 0.29) is 8.87 Å². The Bertz CT molecular complexity index is 142. The van der Waals surface area contributed by atoms with Gasteiger partial charge >= 0.3 is 94.4 Å². The summed E-state index contributed by atoms with van der Waals surface area (Å²) in [6.45, 7) is -2.81. The quantitative estimate of drug-likeness (QED) is 0.471. The summed E-state index contributed by atoms with van der Waals surface area (Å²) < 4.78 is 72.8. The van der Waals surface area contributed by atoms with Crippen molar-refractivity contribution < 1.29 is 26.3 Å². The Morgan fingerprint density at radius 1 is 0.667 bits per heavy atom. The first-order valence-corrected chi connectivity index (χ1v) is 8.45. The van der Waals surface area contributed by atoms with Gasteiger partial charge in [0, 0.05) is 0 Å². The summed E-state index contributed by atoms with van der Waals surface area (Å²) in [6.07, 6.45) is -8.22. The summed E-state index contributed by atoms with van der Waals surface area (Å²) in [4.78, 5) is 0. The normalized spacial score (nSPS) is 19.6. The van der Waals surface area contributed by atoms with Gasteiger partial charge < -0.3 is 0 Å². The van der Waals surface area contributed by atoms with Crippen LogP contribution in [0.2, 0.25) is 8.87 Å². The topological polar surface area (TPSA) is 0 Å². The molecule has 0 N–H and O–H groups in total. The van der Waals surface area contributed by atoms with Crippen molar-refractivity contribution in [3.8, 4) is 0 Å². The first-order chi connectivity index (χ1) is 7.02. The van der Waals surface area contributed by atoms with Crippen molar-refractivity contribution in [2.45, 2.75) is 33.6 Å². The summed E-state index contributed by atoms with van der Waals surface area (Å²) in [5.41, 5.74) is 0. The van der Waals surface area contributed by atoms with Crippen LogP contribution in [0.1, 0.15) is 0 Å². The third kappa shape index (κ3) is 6.52. The molecule has 0 aliphatic heterocycles. The molecular weight excluding hydrogens is 329 g/mol. The molecule has 4 atom stereocenters. The molecule has 4 unspecified atom stereocenters. The van der Waals surface area contributed by atoms with Crippen LogP contribution >= 0.6 is 0 Å². The second-order valence-corrected chi connectivity index (χ2v) is 6.79. The van der Waals surface area contributed by atoms with Gasteiger partial charge in [-0.05, 0) is 0 Å². The van der Waals surface area contributed by atoms with E-state index in [4.69, 9.17) is 0 Å². The molecule has 0 heterocycles. The van der Waals surface area contributed by atoms with E-state index < -0.39 is 59.2 Å². The van der Waals surface area contributed by atoms with Crippen molar-refractivity contribution >= 4 is 21.1 Å². The number of alkyl halides is 6. The Morgan fingerprint density at radius 2 is 1.00 bits per heavy atom. The van der Waals surface area contributed by atoms with Crippen LogP contribution in [0.25, 0.3) is 0 Å². The van der Waals surface area contributed by atoms with Gasteiger partial charge in [0.1, 0.15) is 0 Å². The average Bonchev–Trinajstić information content (AvgIpc) is 2.26. The fourth-order valence-corrected chi connectivity index (χ4v) is 4.32. The number of rotatable bonds is 8. The Kier molecular flexibility index (Phi) is 8.74. The Hall–Kier alpha value is 0.379. The summed E-state index contributed by atoms with van der Waals surface area (Å²) >= 11 is -1.62. The Balaban J connectivity index is 3.60. The predicted molar refractivity (Wildman–Crippen MR) is 46.9 cm³/mol. The molecule has 7 heteroatoms. The van der Waals surface area contributed by atoms with E-state index in [0.29, 0.717) is 0 Å². The van der Waals surface area contributed by atoms with Crippen LogP contribution in [0, 0.1) is 0 Å². The van der Waals surface area contributed by atoms with Crippen LogP contribution in [-0.2, 0) is 0 Å². The van der Waals surface area contributed by atoms with E-state index in [0.717, 1.165) is 0 Å². The van der Waals surface area contributed by atoms with Gasteiger partial charge in [-0.1, -0.05) is 0 Å². The second-order valence-electron chi connectivity index (χ2n) is 3.03. The number of hydrogen-bond acceptors (Lipinski definition) is 0. The summed E-state index contributed by atoms with van der Waals surface area (Å²) in [5.74, 6) is 0. The van der Waals surface area contributed by atoms with Gasteiger partial charge in [-0.25, -0.2) is 0 Å². The van der Waals surface area contributed by atoms with Crippen LogP contribution in [0.3, 0.4) is 0 Å². The average molecular weight is 341 g/mol. The Morgan fingerprint density at radius 3 is 1.27 bits per heavy atom. The van der Waals surface area contributed by atoms with Gasteiger partial charge in [0.2, 0.25) is 0 Å². The molecule has 0 nitrogen and oxygen atoms in total. The fourth-order valence-electron chi connectivity index (χ4n) is 0.808. The molecule has 90 valence electrons. The van der Waals surface area contributed by atoms with Crippen LogP contribution in [-0.4, -0.2) is 59.2 Å². The van der Waals surface area contributed by atoms with E-state index >= 15 is 0 Å². The molecule has 0 aromatic heterocycles. The van der Waals surface area contributed by atoms with Gasteiger partial charge in [-0.2, -0.15) is 0 Å². The van der Waals surface area contributed by atoms with Crippen molar-refractivity contribution in [1.82, 2.24) is 0 Å². The van der Waals surface area contributed by atoms with Gasteiger partial charge in [-0.3, -0.25) is 0 Å². The first kappa shape index (κ1) is 15.4. The molecule has 0 saturated carbocycles. The fraction of sp³-hybridized carbons (Fsp3) is 1.00. The van der Waals surface area contributed by atoms with Gasteiger partial charge in [0.05, 0.1) is 0 Å². The molecule has 0 aromatic rings. The van der Waals surface area contributed by atoms with Crippen LogP contribution in [0.5, 0.6) is 0 Å². The summed E-state index contributed by atoms with van der Waals surface area (Å²) in [5, 5.41) is 0. The van der Waals surface area contributed by atoms with E-state index in [1.807, 2.05) is 0 Å². The van der Waals surface area contributed by atoms with Crippen LogP contribution < -0.4 is 0 Å². The second kappa shape index (κ2) is 8.52. The molecule has 0 spiro atoms. The van der Waals surface area contributed by atoms with Crippen molar-refractivity contribution in [3.63, 3.8) is 0 Å². The molecule has 2 radical (unpaired) electrons. The van der Waals surface area contributed by atoms with E-state index in [1.165, 1.54) is 0 Å². The van der Waals surface area contributed by atoms with Crippen molar-refractivity contribution in [1.29, 1.82) is 0 Å². The van der Waals surface area contributed by atoms with Crippen molar-refractivity contribution in [3.05, 3.63) is 0 Å². The van der Waals surface area contributed by atoms with E-state index in [1.54, 1.807) is 0 Å². The maximum atomic E-state index is 12.7. The molecule has 0 fully saturated rings. The molecule has 15 heavy (non-hydrogen) atoms. The molecule has 0 aromatic carbocycles. The van der Waals surface area contributed by atoms with Crippen LogP contribution in [0.4, 0.5) is 26.3 Å². The van der Waals surface area contributed by atoms with Crippen molar-refractivity contribution in [2.75, 3.05) is 13.3 Å². The summed E-state index contributed by atoms with van der Waals surface area (Å²) in [7, 11) is 0. The molecule has 0 aliphatic carbocycles. The van der Waals surface area contributed by atoms with Gasteiger partial charge in [0.25, 0.3) is 0 Å². The zero-order valence-electron chi connectivity index (χ0n) is 7.91. The zero-order chi connectivity index (χ0) is 11.8. The molecule has 0 rings (SSSR count). The molecular formula is C8H12F6Sn. The van der Waals surface area contributed by atoms with Crippen molar-refractivity contribution in [2.24, 2.45) is 0 Å². The number of hydrogen-bond donors (Lipinski definition) is 0. The van der Waals surface area contributed by atoms with Crippen LogP contribution in [0.15, 0.2) is 0 Å². The molecule has 0 bridgehead atoms. The molecule has 0 aliphatic rings. The number of halogens is 6.